The number of aliphatic hydroxyl groups is 1. The number of carbonyl (C=O) groups is 4. The van der Waals surface area contributed by atoms with Crippen molar-refractivity contribution >= 4 is 29.3 Å². The molecule has 0 bridgehead atoms. The van der Waals surface area contributed by atoms with Crippen LogP contribution < -0.4 is 10.6 Å². The number of para-hydroxylation sites is 1. The minimum absolute atomic E-state index is 0.0812. The highest BCUT2D eigenvalue weighted by Crippen LogP contribution is 2.25. The van der Waals surface area contributed by atoms with Crippen LogP contribution in [0.5, 0.6) is 0 Å². The zero-order chi connectivity index (χ0) is 27.5. The van der Waals surface area contributed by atoms with Gasteiger partial charge in [-0.05, 0) is 43.7 Å². The Bertz CT molecular complexity index is 974. The topological polar surface area (TPSA) is 143 Å². The van der Waals surface area contributed by atoms with Gasteiger partial charge in [0, 0.05) is 19.3 Å². The Labute approximate surface area is 219 Å². The SMILES string of the molecule is CC(C)C.CN(CC(=O)N1CC(C(=O)Nc2ccccc2)CC1C#N)C(=O)CC(=O)NC1CCCC1O. The van der Waals surface area contributed by atoms with Crippen LogP contribution in [0.2, 0.25) is 0 Å². The lowest BCUT2D eigenvalue weighted by atomic mass is 10.1. The van der Waals surface area contributed by atoms with Gasteiger partial charge in [-0.1, -0.05) is 39.0 Å². The molecule has 1 aliphatic carbocycles. The Balaban J connectivity index is 0.00000112. The summed E-state index contributed by atoms with van der Waals surface area (Å²) in [6, 6.07) is 9.86. The normalized spacial score (nSPS) is 22.5. The van der Waals surface area contributed by atoms with Gasteiger partial charge in [0.2, 0.25) is 23.6 Å². The molecule has 3 N–H and O–H groups in total. The fraction of sp³-hybridized carbons (Fsp3) is 0.593. The monoisotopic (exact) mass is 513 g/mol. The second-order valence-electron chi connectivity index (χ2n) is 10.3. The number of nitrogens with zero attached hydrogens (tertiary/aromatic N) is 3. The molecular formula is C27H39N5O5. The molecule has 37 heavy (non-hydrogen) atoms. The summed E-state index contributed by atoms with van der Waals surface area (Å²) >= 11 is 0. The molecule has 1 aromatic carbocycles. The van der Waals surface area contributed by atoms with E-state index in [4.69, 9.17) is 0 Å². The number of carbonyl (C=O) groups excluding carboxylic acids is 4. The number of likely N-dealkylation sites (tertiary alicyclic amines) is 1. The number of hydrogen-bond donors (Lipinski definition) is 3. The average molecular weight is 514 g/mol. The molecule has 2 fully saturated rings. The van der Waals surface area contributed by atoms with Gasteiger partial charge >= 0.3 is 0 Å². The molecule has 10 nitrogen and oxygen atoms in total. The number of rotatable bonds is 7. The van der Waals surface area contributed by atoms with E-state index in [1.807, 2.05) is 6.07 Å². The third-order valence-corrected chi connectivity index (χ3v) is 6.12. The van der Waals surface area contributed by atoms with E-state index in [0.29, 0.717) is 18.5 Å². The van der Waals surface area contributed by atoms with Crippen LogP contribution in [0.15, 0.2) is 30.3 Å². The summed E-state index contributed by atoms with van der Waals surface area (Å²) < 4.78 is 0. The molecule has 0 spiro atoms. The highest BCUT2D eigenvalue weighted by Gasteiger charge is 2.39. The molecular weight excluding hydrogens is 474 g/mol. The molecule has 2 aliphatic rings. The first-order valence-corrected chi connectivity index (χ1v) is 12.8. The van der Waals surface area contributed by atoms with Gasteiger partial charge in [0.25, 0.3) is 0 Å². The zero-order valence-corrected chi connectivity index (χ0v) is 22.1. The molecule has 1 aliphatic heterocycles. The smallest absolute Gasteiger partial charge is 0.243 e. The number of anilines is 1. The molecule has 4 amide bonds. The molecule has 4 unspecified atom stereocenters. The van der Waals surface area contributed by atoms with Crippen molar-refractivity contribution in [3.63, 3.8) is 0 Å². The second-order valence-corrected chi connectivity index (χ2v) is 10.3. The van der Waals surface area contributed by atoms with Crippen LogP contribution in [0.3, 0.4) is 0 Å². The number of nitrogens with one attached hydrogen (secondary N) is 2. The highest BCUT2D eigenvalue weighted by molar-refractivity contribution is 5.98. The van der Waals surface area contributed by atoms with Crippen molar-refractivity contribution < 1.29 is 24.3 Å². The van der Waals surface area contributed by atoms with Crippen molar-refractivity contribution in [3.05, 3.63) is 30.3 Å². The minimum atomic E-state index is -0.764. The molecule has 1 saturated carbocycles. The predicted octanol–water partition coefficient (Wildman–Crippen LogP) is 1.91. The first-order valence-electron chi connectivity index (χ1n) is 12.8. The van der Waals surface area contributed by atoms with Crippen LogP contribution in [0, 0.1) is 23.2 Å². The van der Waals surface area contributed by atoms with Crippen LogP contribution >= 0.6 is 0 Å². The summed E-state index contributed by atoms with van der Waals surface area (Å²) in [5.41, 5.74) is 0.634. The van der Waals surface area contributed by atoms with Crippen LogP contribution in [0.1, 0.15) is 52.9 Å². The van der Waals surface area contributed by atoms with Crippen LogP contribution in [0.25, 0.3) is 0 Å². The molecule has 10 heteroatoms. The number of aliphatic hydroxyl groups excluding tert-OH is 1. The van der Waals surface area contributed by atoms with Crippen molar-refractivity contribution in [3.8, 4) is 6.07 Å². The van der Waals surface area contributed by atoms with E-state index >= 15 is 0 Å². The van der Waals surface area contributed by atoms with Gasteiger partial charge in [-0.25, -0.2) is 0 Å². The molecule has 3 rings (SSSR count). The number of likely N-dealkylation sites (N-methyl/N-ethyl adjacent to an activating group) is 1. The quantitative estimate of drug-likeness (QED) is 0.475. The van der Waals surface area contributed by atoms with Crippen molar-refractivity contribution in [1.29, 1.82) is 5.26 Å². The van der Waals surface area contributed by atoms with Gasteiger partial charge in [0.05, 0.1) is 30.7 Å². The maximum absolute atomic E-state index is 12.8. The van der Waals surface area contributed by atoms with Crippen LogP contribution in [0.4, 0.5) is 5.69 Å². The van der Waals surface area contributed by atoms with E-state index in [9.17, 15) is 29.5 Å². The van der Waals surface area contributed by atoms with E-state index < -0.39 is 42.2 Å². The van der Waals surface area contributed by atoms with Crippen molar-refractivity contribution in [1.82, 2.24) is 15.1 Å². The van der Waals surface area contributed by atoms with Crippen molar-refractivity contribution in [2.24, 2.45) is 11.8 Å². The molecule has 0 radical (unpaired) electrons. The Hall–Kier alpha value is -3.45. The van der Waals surface area contributed by atoms with E-state index in [0.717, 1.165) is 17.2 Å². The first-order chi connectivity index (χ1) is 17.5. The summed E-state index contributed by atoms with van der Waals surface area (Å²) in [6.07, 6.45) is 1.27. The number of amides is 4. The maximum atomic E-state index is 12.8. The number of hydrogen-bond acceptors (Lipinski definition) is 6. The van der Waals surface area contributed by atoms with Gasteiger partial charge in [-0.3, -0.25) is 19.2 Å². The van der Waals surface area contributed by atoms with Crippen molar-refractivity contribution in [2.45, 2.75) is 71.1 Å². The van der Waals surface area contributed by atoms with E-state index in [2.05, 4.69) is 37.5 Å². The Morgan fingerprint density at radius 3 is 2.38 bits per heavy atom. The van der Waals surface area contributed by atoms with Gasteiger partial charge < -0.3 is 25.5 Å². The van der Waals surface area contributed by atoms with Gasteiger partial charge in [-0.15, -0.1) is 0 Å². The van der Waals surface area contributed by atoms with E-state index in [1.54, 1.807) is 24.3 Å². The Morgan fingerprint density at radius 2 is 1.81 bits per heavy atom. The fourth-order valence-corrected chi connectivity index (χ4v) is 4.21. The van der Waals surface area contributed by atoms with E-state index in [1.165, 1.54) is 11.9 Å². The Kier molecular flexibility index (Phi) is 11.5. The molecule has 1 aromatic rings. The fourth-order valence-electron chi connectivity index (χ4n) is 4.21. The molecule has 1 heterocycles. The summed E-state index contributed by atoms with van der Waals surface area (Å²) in [7, 11) is 1.41. The number of benzene rings is 1. The summed E-state index contributed by atoms with van der Waals surface area (Å²) in [5, 5.41) is 24.7. The van der Waals surface area contributed by atoms with Crippen LogP contribution in [-0.4, -0.2) is 76.9 Å². The van der Waals surface area contributed by atoms with Gasteiger partial charge in [-0.2, -0.15) is 5.26 Å². The molecule has 202 valence electrons. The van der Waals surface area contributed by atoms with E-state index in [-0.39, 0.29) is 31.5 Å². The van der Waals surface area contributed by atoms with Gasteiger partial charge in [0.1, 0.15) is 12.5 Å². The zero-order valence-electron chi connectivity index (χ0n) is 22.1. The summed E-state index contributed by atoms with van der Waals surface area (Å²) in [4.78, 5) is 52.3. The lowest BCUT2D eigenvalue weighted by Gasteiger charge is -2.24. The number of nitriles is 1. The third-order valence-electron chi connectivity index (χ3n) is 6.12. The third kappa shape index (κ3) is 9.50. The lowest BCUT2D eigenvalue weighted by Crippen LogP contribution is -2.45. The second kappa shape index (κ2) is 14.3. The summed E-state index contributed by atoms with van der Waals surface area (Å²) in [6.45, 7) is 6.28. The highest BCUT2D eigenvalue weighted by atomic mass is 16.3. The maximum Gasteiger partial charge on any atom is 0.243 e. The standard InChI is InChI=1S/C23H29N5O5.C4H10/c1-27(21(31)11-20(30)26-18-8-5-9-19(18)29)14-22(32)28-13-15(10-17(28)12-24)23(33)25-16-6-3-2-4-7-16;1-4(2)3/h2-4,6-7,15,17-19,29H,5,8-11,13-14H2,1H3,(H,25,33)(H,26,30);4H,1-3H3. The van der Waals surface area contributed by atoms with Gasteiger partial charge in [0.15, 0.2) is 0 Å². The molecule has 4 atom stereocenters. The summed E-state index contributed by atoms with van der Waals surface area (Å²) in [5.74, 6) is -1.48. The van der Waals surface area contributed by atoms with Crippen LogP contribution in [-0.2, 0) is 19.2 Å². The first kappa shape index (κ1) is 29.8. The molecule has 1 saturated heterocycles. The average Bonchev–Trinajstić information content (AvgIpc) is 3.45. The Morgan fingerprint density at radius 1 is 1.16 bits per heavy atom. The lowest BCUT2D eigenvalue weighted by molar-refractivity contribution is -0.142. The largest absolute Gasteiger partial charge is 0.391 e. The van der Waals surface area contributed by atoms with Crippen molar-refractivity contribution in [2.75, 3.05) is 25.5 Å². The predicted molar refractivity (Wildman–Crippen MR) is 139 cm³/mol. The minimum Gasteiger partial charge on any atom is -0.391 e. The molecule has 0 aromatic heterocycles.